The molecule has 2 N–H and O–H groups in total. The van der Waals surface area contributed by atoms with Gasteiger partial charge in [0.1, 0.15) is 0 Å². The Kier molecular flexibility index (Phi) is 4.59. The molecule has 1 amide bonds. The highest BCUT2D eigenvalue weighted by molar-refractivity contribution is 5.98. The van der Waals surface area contributed by atoms with Gasteiger partial charge in [0.25, 0.3) is 5.91 Å². The third-order valence-corrected chi connectivity index (χ3v) is 4.90. The molecule has 136 valence electrons. The summed E-state index contributed by atoms with van der Waals surface area (Å²) in [4.78, 5) is 12.6. The standard InChI is InChI=1S/C21H25N3O2/c1-13(19-12-22-24(5)14(19)2)23-20(25)17-7-6-16-11-18(21(3,4)26)9-8-15(16)10-17/h6-13,26H,1-5H3,(H,23,25). The van der Waals surface area contributed by atoms with E-state index in [9.17, 15) is 9.90 Å². The van der Waals surface area contributed by atoms with Gasteiger partial charge in [0.2, 0.25) is 0 Å². The molecule has 0 saturated heterocycles. The summed E-state index contributed by atoms with van der Waals surface area (Å²) in [5.41, 5.74) is 2.62. The second kappa shape index (κ2) is 6.57. The number of nitrogens with one attached hydrogen (secondary N) is 1. The number of aromatic nitrogens is 2. The molecule has 2 aromatic carbocycles. The SMILES string of the molecule is Cc1c(C(C)NC(=O)c2ccc3cc(C(C)(C)O)ccc3c2)cnn1C. The minimum Gasteiger partial charge on any atom is -0.386 e. The molecule has 0 saturated carbocycles. The summed E-state index contributed by atoms with van der Waals surface area (Å²) in [5, 5.41) is 19.4. The van der Waals surface area contributed by atoms with Gasteiger partial charge in [-0.25, -0.2) is 0 Å². The summed E-state index contributed by atoms with van der Waals surface area (Å²) in [5.74, 6) is -0.116. The number of benzene rings is 2. The van der Waals surface area contributed by atoms with E-state index >= 15 is 0 Å². The van der Waals surface area contributed by atoms with E-state index in [2.05, 4.69) is 10.4 Å². The molecule has 0 aliphatic heterocycles. The van der Waals surface area contributed by atoms with E-state index < -0.39 is 5.60 Å². The number of aliphatic hydroxyl groups is 1. The lowest BCUT2D eigenvalue weighted by molar-refractivity contribution is 0.0787. The van der Waals surface area contributed by atoms with Gasteiger partial charge < -0.3 is 10.4 Å². The Morgan fingerprint density at radius 2 is 1.85 bits per heavy atom. The number of hydrogen-bond donors (Lipinski definition) is 2. The van der Waals surface area contributed by atoms with Crippen LogP contribution in [0.15, 0.2) is 42.6 Å². The quantitative estimate of drug-likeness (QED) is 0.755. The number of nitrogens with zero attached hydrogens (tertiary/aromatic N) is 2. The fourth-order valence-electron chi connectivity index (χ4n) is 3.07. The first kappa shape index (κ1) is 18.1. The summed E-state index contributed by atoms with van der Waals surface area (Å²) in [6, 6.07) is 11.3. The first-order valence-electron chi connectivity index (χ1n) is 8.73. The van der Waals surface area contributed by atoms with Crippen LogP contribution >= 0.6 is 0 Å². The van der Waals surface area contributed by atoms with Gasteiger partial charge in [-0.3, -0.25) is 9.48 Å². The van der Waals surface area contributed by atoms with Gasteiger partial charge in [-0.05, 0) is 62.2 Å². The summed E-state index contributed by atoms with van der Waals surface area (Å²) in [6.45, 7) is 7.47. The zero-order chi connectivity index (χ0) is 19.1. The molecule has 1 aromatic heterocycles. The van der Waals surface area contributed by atoms with Crippen molar-refractivity contribution in [3.8, 4) is 0 Å². The molecule has 5 nitrogen and oxygen atoms in total. The lowest BCUT2D eigenvalue weighted by Crippen LogP contribution is -2.26. The number of carbonyl (C=O) groups excluding carboxylic acids is 1. The fourth-order valence-corrected chi connectivity index (χ4v) is 3.07. The Hall–Kier alpha value is -2.66. The number of rotatable bonds is 4. The van der Waals surface area contributed by atoms with E-state index in [1.165, 1.54) is 0 Å². The number of aryl methyl sites for hydroxylation is 1. The third-order valence-electron chi connectivity index (χ3n) is 4.90. The highest BCUT2D eigenvalue weighted by Gasteiger charge is 2.18. The molecule has 26 heavy (non-hydrogen) atoms. The molecule has 0 spiro atoms. The average Bonchev–Trinajstić information content (AvgIpc) is 2.92. The Labute approximate surface area is 153 Å². The van der Waals surface area contributed by atoms with Crippen LogP contribution in [0.5, 0.6) is 0 Å². The number of carbonyl (C=O) groups is 1. The monoisotopic (exact) mass is 351 g/mol. The van der Waals surface area contributed by atoms with Crippen molar-refractivity contribution in [1.82, 2.24) is 15.1 Å². The molecular weight excluding hydrogens is 326 g/mol. The molecule has 1 heterocycles. The topological polar surface area (TPSA) is 67.2 Å². The lowest BCUT2D eigenvalue weighted by atomic mass is 9.95. The highest BCUT2D eigenvalue weighted by atomic mass is 16.3. The van der Waals surface area contributed by atoms with Crippen LogP contribution in [-0.4, -0.2) is 20.8 Å². The molecule has 3 aromatic rings. The lowest BCUT2D eigenvalue weighted by Gasteiger charge is -2.18. The molecule has 0 radical (unpaired) electrons. The molecule has 1 unspecified atom stereocenters. The minimum atomic E-state index is -0.888. The maximum Gasteiger partial charge on any atom is 0.251 e. The van der Waals surface area contributed by atoms with Crippen LogP contribution in [0.1, 0.15) is 54.0 Å². The maximum absolute atomic E-state index is 12.6. The van der Waals surface area contributed by atoms with Crippen molar-refractivity contribution in [1.29, 1.82) is 0 Å². The zero-order valence-electron chi connectivity index (χ0n) is 15.9. The summed E-state index contributed by atoms with van der Waals surface area (Å²) >= 11 is 0. The van der Waals surface area contributed by atoms with Gasteiger partial charge in [0.15, 0.2) is 0 Å². The van der Waals surface area contributed by atoms with Gasteiger partial charge in [-0.1, -0.05) is 18.2 Å². The fraction of sp³-hybridized carbons (Fsp3) is 0.333. The van der Waals surface area contributed by atoms with Gasteiger partial charge in [0, 0.05) is 23.9 Å². The van der Waals surface area contributed by atoms with Crippen LogP contribution in [0.4, 0.5) is 0 Å². The van der Waals surface area contributed by atoms with E-state index in [4.69, 9.17) is 0 Å². The van der Waals surface area contributed by atoms with Crippen molar-refractivity contribution in [3.63, 3.8) is 0 Å². The summed E-state index contributed by atoms with van der Waals surface area (Å²) in [7, 11) is 1.89. The van der Waals surface area contributed by atoms with Crippen LogP contribution in [0, 0.1) is 6.92 Å². The Bertz CT molecular complexity index is 967. The summed E-state index contributed by atoms with van der Waals surface area (Å²) < 4.78 is 1.80. The number of amides is 1. The van der Waals surface area contributed by atoms with Gasteiger partial charge in [-0.15, -0.1) is 0 Å². The summed E-state index contributed by atoms with van der Waals surface area (Å²) in [6.07, 6.45) is 1.79. The van der Waals surface area contributed by atoms with Crippen molar-refractivity contribution >= 4 is 16.7 Å². The molecule has 5 heteroatoms. The predicted molar refractivity (Wildman–Crippen MR) is 103 cm³/mol. The minimum absolute atomic E-state index is 0.116. The van der Waals surface area contributed by atoms with Crippen molar-refractivity contribution < 1.29 is 9.90 Å². The molecular formula is C21H25N3O2. The number of fused-ring (bicyclic) bond motifs is 1. The second-order valence-corrected chi connectivity index (χ2v) is 7.34. The second-order valence-electron chi connectivity index (χ2n) is 7.34. The predicted octanol–water partition coefficient (Wildman–Crippen LogP) is 3.60. The molecule has 3 rings (SSSR count). The zero-order valence-corrected chi connectivity index (χ0v) is 15.9. The smallest absolute Gasteiger partial charge is 0.251 e. The van der Waals surface area contributed by atoms with E-state index in [1.54, 1.807) is 24.7 Å². The largest absolute Gasteiger partial charge is 0.386 e. The Morgan fingerprint density at radius 3 is 2.46 bits per heavy atom. The molecule has 0 aliphatic carbocycles. The van der Waals surface area contributed by atoms with Gasteiger partial charge >= 0.3 is 0 Å². The first-order valence-corrected chi connectivity index (χ1v) is 8.73. The van der Waals surface area contributed by atoms with Gasteiger partial charge in [-0.2, -0.15) is 5.10 Å². The molecule has 0 fully saturated rings. The van der Waals surface area contributed by atoms with E-state index in [0.717, 1.165) is 27.6 Å². The number of hydrogen-bond acceptors (Lipinski definition) is 3. The average molecular weight is 351 g/mol. The molecule has 1 atom stereocenters. The third kappa shape index (κ3) is 3.48. The molecule has 0 aliphatic rings. The van der Waals surface area contributed by atoms with E-state index in [-0.39, 0.29) is 11.9 Å². The van der Waals surface area contributed by atoms with Crippen LogP contribution in [0.2, 0.25) is 0 Å². The van der Waals surface area contributed by atoms with Crippen molar-refractivity contribution in [2.75, 3.05) is 0 Å². The van der Waals surface area contributed by atoms with Crippen LogP contribution in [-0.2, 0) is 12.6 Å². The van der Waals surface area contributed by atoms with Crippen molar-refractivity contribution in [3.05, 3.63) is 65.0 Å². The van der Waals surface area contributed by atoms with Crippen molar-refractivity contribution in [2.24, 2.45) is 7.05 Å². The first-order chi connectivity index (χ1) is 12.2. The molecule has 0 bridgehead atoms. The van der Waals surface area contributed by atoms with Gasteiger partial charge in [0.05, 0.1) is 17.8 Å². The van der Waals surface area contributed by atoms with Crippen LogP contribution < -0.4 is 5.32 Å². The Morgan fingerprint density at radius 1 is 1.19 bits per heavy atom. The van der Waals surface area contributed by atoms with Crippen LogP contribution in [0.25, 0.3) is 10.8 Å². The van der Waals surface area contributed by atoms with E-state index in [1.807, 2.05) is 57.3 Å². The van der Waals surface area contributed by atoms with E-state index in [0.29, 0.717) is 5.56 Å². The maximum atomic E-state index is 12.6. The highest BCUT2D eigenvalue weighted by Crippen LogP contribution is 2.25. The van der Waals surface area contributed by atoms with Crippen LogP contribution in [0.3, 0.4) is 0 Å². The van der Waals surface area contributed by atoms with Crippen molar-refractivity contribution in [2.45, 2.75) is 39.3 Å². The Balaban J connectivity index is 1.83. The normalized spacial score (nSPS) is 13.0.